The first-order valence-electron chi connectivity index (χ1n) is 16.2. The van der Waals surface area contributed by atoms with Gasteiger partial charge in [-0.15, -0.1) is 0 Å². The van der Waals surface area contributed by atoms with Crippen LogP contribution < -0.4 is 4.90 Å². The summed E-state index contributed by atoms with van der Waals surface area (Å²) in [5.41, 5.74) is 6.79. The van der Waals surface area contributed by atoms with Crippen LogP contribution in [0.25, 0.3) is 39.3 Å². The van der Waals surface area contributed by atoms with E-state index in [0.717, 1.165) is 34.1 Å². The molecule has 2 aliphatic heterocycles. The van der Waals surface area contributed by atoms with Crippen LogP contribution in [0, 0.1) is 17.2 Å². The van der Waals surface area contributed by atoms with E-state index in [4.69, 9.17) is 5.26 Å². The number of aryl methyl sites for hydroxylation is 1. The van der Waals surface area contributed by atoms with Gasteiger partial charge in [0.25, 0.3) is 0 Å². The molecule has 1 N–H and O–H groups in total. The van der Waals surface area contributed by atoms with Crippen LogP contribution in [0.3, 0.4) is 0 Å². The van der Waals surface area contributed by atoms with Gasteiger partial charge in [0.1, 0.15) is 18.1 Å². The van der Waals surface area contributed by atoms with Gasteiger partial charge in [-0.3, -0.25) is 29.3 Å². The fourth-order valence-corrected chi connectivity index (χ4v) is 6.58. The number of aromatic nitrogens is 6. The smallest absolute Gasteiger partial charge is 0.237 e. The molecule has 1 atom stereocenters. The van der Waals surface area contributed by atoms with E-state index in [1.165, 1.54) is 11.8 Å². The maximum Gasteiger partial charge on any atom is 0.237 e. The molecule has 0 aliphatic carbocycles. The molecule has 12 heteroatoms. The van der Waals surface area contributed by atoms with Gasteiger partial charge >= 0.3 is 0 Å². The average Bonchev–Trinajstić information content (AvgIpc) is 3.89. The summed E-state index contributed by atoms with van der Waals surface area (Å²) in [7, 11) is 1.85. The molecular formula is C36H36N10O2. The van der Waals surface area contributed by atoms with Crippen molar-refractivity contribution in [3.05, 3.63) is 84.3 Å². The molecule has 12 nitrogen and oxygen atoms in total. The van der Waals surface area contributed by atoms with Crippen LogP contribution in [0.2, 0.25) is 0 Å². The molecule has 2 aromatic carbocycles. The maximum absolute atomic E-state index is 13.8. The number of nitrogens with one attached hydrogen (secondary N) is 1. The number of pyridine rings is 1. The lowest BCUT2D eigenvalue weighted by molar-refractivity contribution is -0.132. The Hall–Kier alpha value is -5.67. The van der Waals surface area contributed by atoms with Crippen molar-refractivity contribution >= 4 is 34.0 Å². The number of likely N-dealkylation sites (tertiary alicyclic amines) is 1. The third-order valence-corrected chi connectivity index (χ3v) is 9.23. The van der Waals surface area contributed by atoms with Crippen LogP contribution >= 0.6 is 0 Å². The molecule has 2 aliphatic rings. The van der Waals surface area contributed by atoms with E-state index in [-0.39, 0.29) is 17.7 Å². The van der Waals surface area contributed by atoms with Gasteiger partial charge < -0.3 is 9.80 Å². The van der Waals surface area contributed by atoms with E-state index in [2.05, 4.69) is 54.4 Å². The molecular weight excluding hydrogens is 604 g/mol. The molecule has 1 saturated heterocycles. The Labute approximate surface area is 278 Å². The van der Waals surface area contributed by atoms with E-state index in [1.54, 1.807) is 23.1 Å². The predicted octanol–water partition coefficient (Wildman–Crippen LogP) is 4.28. The Morgan fingerprint density at radius 2 is 1.90 bits per heavy atom. The van der Waals surface area contributed by atoms with Gasteiger partial charge in [0, 0.05) is 56.1 Å². The van der Waals surface area contributed by atoms with Crippen LogP contribution in [0.1, 0.15) is 30.9 Å². The highest BCUT2D eigenvalue weighted by Crippen LogP contribution is 2.31. The fraction of sp³-hybridized carbons (Fsp3) is 0.306. The van der Waals surface area contributed by atoms with Crippen LogP contribution in [-0.4, -0.2) is 90.8 Å². The highest BCUT2D eigenvalue weighted by Gasteiger charge is 2.33. The van der Waals surface area contributed by atoms with Crippen molar-refractivity contribution in [1.82, 2.24) is 39.7 Å². The minimum atomic E-state index is -0.186. The monoisotopic (exact) mass is 640 g/mol. The molecule has 3 aromatic heterocycles. The molecule has 5 aromatic rings. The lowest BCUT2D eigenvalue weighted by Gasteiger charge is -2.29. The van der Waals surface area contributed by atoms with E-state index in [9.17, 15) is 9.59 Å². The first kappa shape index (κ1) is 31.0. The summed E-state index contributed by atoms with van der Waals surface area (Å²) in [5.74, 6) is 0.671. The number of rotatable bonds is 8. The number of amides is 2. The van der Waals surface area contributed by atoms with Gasteiger partial charge in [0.05, 0.1) is 29.2 Å². The average molecular weight is 641 g/mol. The van der Waals surface area contributed by atoms with Crippen molar-refractivity contribution in [2.45, 2.75) is 19.8 Å². The second-order valence-corrected chi connectivity index (χ2v) is 12.3. The summed E-state index contributed by atoms with van der Waals surface area (Å²) < 4.78 is 1.69. The molecule has 0 saturated carbocycles. The first-order valence-corrected chi connectivity index (χ1v) is 16.2. The van der Waals surface area contributed by atoms with Gasteiger partial charge in [-0.2, -0.15) is 15.5 Å². The quantitative estimate of drug-likeness (QED) is 0.265. The van der Waals surface area contributed by atoms with E-state index >= 15 is 0 Å². The number of carbonyl (C=O) groups excluding carboxylic acids is 2. The van der Waals surface area contributed by atoms with Gasteiger partial charge in [-0.25, -0.2) is 4.98 Å². The normalized spacial score (nSPS) is 16.6. The number of nitrogens with zero attached hydrogens (tertiary/aromatic N) is 9. The predicted molar refractivity (Wildman–Crippen MR) is 182 cm³/mol. The Morgan fingerprint density at radius 1 is 1.06 bits per heavy atom. The van der Waals surface area contributed by atoms with Crippen LogP contribution in [0.15, 0.2) is 73.2 Å². The molecule has 7 rings (SSSR count). The largest absolute Gasteiger partial charge is 0.338 e. The van der Waals surface area contributed by atoms with E-state index < -0.39 is 0 Å². The van der Waals surface area contributed by atoms with E-state index in [0.29, 0.717) is 68.5 Å². The zero-order chi connectivity index (χ0) is 33.2. The number of hydrogen-bond acceptors (Lipinski definition) is 8. The van der Waals surface area contributed by atoms with Crippen molar-refractivity contribution in [3.63, 3.8) is 0 Å². The topological polar surface area (TPSA) is 140 Å². The minimum absolute atomic E-state index is 0.0590. The lowest BCUT2D eigenvalue weighted by Crippen LogP contribution is -2.42. The number of H-pyrrole nitrogens is 1. The molecule has 1 fully saturated rings. The summed E-state index contributed by atoms with van der Waals surface area (Å²) in [4.78, 5) is 41.6. The van der Waals surface area contributed by atoms with Crippen molar-refractivity contribution in [2.75, 3.05) is 44.2 Å². The summed E-state index contributed by atoms with van der Waals surface area (Å²) >= 11 is 0. The summed E-state index contributed by atoms with van der Waals surface area (Å²) in [6, 6.07) is 19.7. The van der Waals surface area contributed by atoms with Crippen LogP contribution in [-0.2, 0) is 16.6 Å². The Bertz CT molecular complexity index is 2040. The summed E-state index contributed by atoms with van der Waals surface area (Å²) in [6.45, 7) is 5.32. The van der Waals surface area contributed by atoms with Gasteiger partial charge in [0.2, 0.25) is 11.8 Å². The SMILES string of the molecule is CCN(C(=O)[C@@H]1CCN(CC(=O)N2CC=C(c3ccc(-c4ncn(C)n4)cc3)CC2)C1)c1ccc2[nH]nc(-c3ccc(C#N)cn3)c2c1. The third kappa shape index (κ3) is 6.20. The summed E-state index contributed by atoms with van der Waals surface area (Å²) in [6.07, 6.45) is 6.87. The number of hydrogen-bond donors (Lipinski definition) is 1. The lowest BCUT2D eigenvalue weighted by atomic mass is 9.98. The van der Waals surface area contributed by atoms with Crippen molar-refractivity contribution in [3.8, 4) is 28.8 Å². The Morgan fingerprint density at radius 3 is 2.58 bits per heavy atom. The standard InChI is InChI=1S/C36H36N10O2/c1-3-46(29-9-11-31-30(18-29)34(41-40-31)32-10-4-24(19-37)20-38-32)36(48)28-12-15-44(21-28)22-33(47)45-16-13-26(14-17-45)25-5-7-27(8-6-25)35-39-23-43(2)42-35/h4-11,13,18,20,23,28H,3,12,14-17,21-22H2,1-2H3,(H,40,41)/t28-/m1/s1. The summed E-state index contributed by atoms with van der Waals surface area (Å²) in [5, 5.41) is 21.8. The minimum Gasteiger partial charge on any atom is -0.338 e. The van der Waals surface area contributed by atoms with Crippen molar-refractivity contribution in [2.24, 2.45) is 13.0 Å². The molecule has 0 bridgehead atoms. The highest BCUT2D eigenvalue weighted by atomic mass is 16.2. The number of anilines is 1. The zero-order valence-corrected chi connectivity index (χ0v) is 27.0. The van der Waals surface area contributed by atoms with Crippen LogP contribution in [0.5, 0.6) is 0 Å². The number of nitriles is 1. The Kier molecular flexibility index (Phi) is 8.52. The third-order valence-electron chi connectivity index (χ3n) is 9.23. The maximum atomic E-state index is 13.8. The second kappa shape index (κ2) is 13.2. The van der Waals surface area contributed by atoms with Gasteiger partial charge in [-0.05, 0) is 67.8 Å². The molecule has 0 unspecified atom stereocenters. The van der Waals surface area contributed by atoms with Crippen LogP contribution in [0.4, 0.5) is 5.69 Å². The van der Waals surface area contributed by atoms with E-state index in [1.807, 2.05) is 54.1 Å². The molecule has 5 heterocycles. The van der Waals surface area contributed by atoms with Crippen molar-refractivity contribution in [1.29, 1.82) is 5.26 Å². The fourth-order valence-electron chi connectivity index (χ4n) is 6.58. The highest BCUT2D eigenvalue weighted by molar-refractivity contribution is 6.00. The number of carbonyl (C=O) groups is 2. The first-order chi connectivity index (χ1) is 23.4. The number of fused-ring (bicyclic) bond motifs is 1. The van der Waals surface area contributed by atoms with Gasteiger partial charge in [-0.1, -0.05) is 30.3 Å². The number of aromatic amines is 1. The Balaban J connectivity index is 0.957. The van der Waals surface area contributed by atoms with Gasteiger partial charge in [0.15, 0.2) is 5.82 Å². The molecule has 242 valence electrons. The second-order valence-electron chi connectivity index (χ2n) is 12.3. The molecule has 48 heavy (non-hydrogen) atoms. The number of benzene rings is 2. The zero-order valence-electron chi connectivity index (χ0n) is 27.0. The molecule has 0 radical (unpaired) electrons. The molecule has 2 amide bonds. The van der Waals surface area contributed by atoms with Crippen molar-refractivity contribution < 1.29 is 9.59 Å². The molecule has 0 spiro atoms.